The molecule has 2 aromatic rings. The Hall–Kier alpha value is -3.48. The van der Waals surface area contributed by atoms with Crippen LogP contribution in [0.1, 0.15) is 36.5 Å². The Labute approximate surface area is 226 Å². The second-order valence-corrected chi connectivity index (χ2v) is 9.92. The summed E-state index contributed by atoms with van der Waals surface area (Å²) in [4.78, 5) is 27.7. The Morgan fingerprint density at radius 1 is 1.07 bits per heavy atom. The highest BCUT2D eigenvalue weighted by atomic mass is 19.4. The van der Waals surface area contributed by atoms with Gasteiger partial charge in [0.05, 0.1) is 18.0 Å². The van der Waals surface area contributed by atoms with Crippen molar-refractivity contribution in [2.45, 2.75) is 51.2 Å². The Morgan fingerprint density at radius 2 is 1.82 bits per heavy atom. The van der Waals surface area contributed by atoms with Gasteiger partial charge in [0.2, 0.25) is 5.91 Å². The molecule has 2 atom stereocenters. The van der Waals surface area contributed by atoms with Crippen LogP contribution in [-0.2, 0) is 28.8 Å². The van der Waals surface area contributed by atoms with Gasteiger partial charge < -0.3 is 19.5 Å². The van der Waals surface area contributed by atoms with Gasteiger partial charge in [0.15, 0.2) is 6.10 Å². The molecular weight excluding hydrogens is 546 g/mol. The normalized spacial score (nSPS) is 18.8. The number of nitrogens with zero attached hydrogens (tertiary/aromatic N) is 2. The van der Waals surface area contributed by atoms with E-state index in [-0.39, 0.29) is 24.6 Å². The summed E-state index contributed by atoms with van der Waals surface area (Å²) in [6, 6.07) is 7.70. The van der Waals surface area contributed by atoms with Crippen molar-refractivity contribution in [1.82, 2.24) is 4.90 Å². The van der Waals surface area contributed by atoms with Gasteiger partial charge in [-0.05, 0) is 74.2 Å². The molecule has 1 N–H and O–H groups in total. The second-order valence-electron chi connectivity index (χ2n) is 9.92. The molecule has 1 saturated heterocycles. The third kappa shape index (κ3) is 6.98. The van der Waals surface area contributed by atoms with Crippen molar-refractivity contribution in [3.8, 4) is 11.5 Å². The largest absolute Gasteiger partial charge is 0.489 e. The molecule has 7 nitrogen and oxygen atoms in total. The molecule has 40 heavy (non-hydrogen) atoms. The maximum absolute atomic E-state index is 13.5. The van der Waals surface area contributed by atoms with Crippen LogP contribution < -0.4 is 14.4 Å². The smallest absolute Gasteiger partial charge is 0.425 e. The fourth-order valence-electron chi connectivity index (χ4n) is 4.82. The number of aliphatic carboxylic acids is 1. The number of anilines is 1. The van der Waals surface area contributed by atoms with Gasteiger partial charge in [-0.25, -0.2) is 0 Å². The highest BCUT2D eigenvalue weighted by Gasteiger charge is 2.41. The number of carbonyl (C=O) groups excluding carboxylic acids is 1. The predicted octanol–water partition coefficient (Wildman–Crippen LogP) is 5.30. The number of hydrogen-bond donors (Lipinski definition) is 1. The predicted molar refractivity (Wildman–Crippen MR) is 131 cm³/mol. The van der Waals surface area contributed by atoms with Crippen LogP contribution in [0.4, 0.5) is 32.0 Å². The summed E-state index contributed by atoms with van der Waals surface area (Å²) in [6.45, 7) is 1.85. The lowest BCUT2D eigenvalue weighted by molar-refractivity contribution is -0.191. The number of hydrogen-bond acceptors (Lipinski definition) is 5. The fraction of sp³-hybridized carbons (Fsp3) is 0.481. The molecule has 13 heteroatoms. The Kier molecular flexibility index (Phi) is 8.52. The van der Waals surface area contributed by atoms with Gasteiger partial charge in [-0.1, -0.05) is 6.07 Å². The lowest BCUT2D eigenvalue weighted by Gasteiger charge is -2.31. The molecule has 0 radical (unpaired) electrons. The zero-order valence-electron chi connectivity index (χ0n) is 21.5. The molecule has 2 heterocycles. The minimum Gasteiger partial charge on any atom is -0.489 e. The summed E-state index contributed by atoms with van der Waals surface area (Å²) in [7, 11) is 0. The summed E-state index contributed by atoms with van der Waals surface area (Å²) in [5.41, 5.74) is 0.242. The Balaban J connectivity index is 1.40. The molecule has 1 amide bonds. The van der Waals surface area contributed by atoms with Gasteiger partial charge in [0.25, 0.3) is 0 Å². The maximum Gasteiger partial charge on any atom is 0.425 e. The van der Waals surface area contributed by atoms with Crippen LogP contribution in [0.5, 0.6) is 11.5 Å². The van der Waals surface area contributed by atoms with Crippen LogP contribution in [-0.4, -0.2) is 60.3 Å². The van der Waals surface area contributed by atoms with Crippen molar-refractivity contribution in [1.29, 1.82) is 0 Å². The molecule has 0 aliphatic carbocycles. The summed E-state index contributed by atoms with van der Waals surface area (Å²) in [5, 5.41) is 9.27. The van der Waals surface area contributed by atoms with Crippen LogP contribution in [0.2, 0.25) is 0 Å². The number of amides is 1. The minimum atomic E-state index is -4.94. The third-order valence-electron chi connectivity index (χ3n) is 6.98. The van der Waals surface area contributed by atoms with Gasteiger partial charge in [-0.3, -0.25) is 14.5 Å². The standard InChI is InChI=1S/C27H28F6N2O5/c1-16(26(28,29)30)40-23-7-4-17(11-21(23)27(31,32)33)15-39-20-5-6-22-18(12-20)8-10-35(22)24(36)14-34-9-2-3-19(13-34)25(37)38/h4-7,11-12,16,19H,2-3,8-10,13-15H2,1H3,(H,37,38)/t16?,19-/m1/s1. The molecule has 1 fully saturated rings. The summed E-state index contributed by atoms with van der Waals surface area (Å²) in [5.74, 6) is -2.09. The van der Waals surface area contributed by atoms with E-state index in [1.54, 1.807) is 23.1 Å². The molecule has 0 saturated carbocycles. The number of ether oxygens (including phenoxy) is 2. The third-order valence-corrected chi connectivity index (χ3v) is 6.98. The molecule has 2 aliphatic heterocycles. The Bertz CT molecular complexity index is 1250. The lowest BCUT2D eigenvalue weighted by Crippen LogP contribution is -2.45. The highest BCUT2D eigenvalue weighted by Crippen LogP contribution is 2.39. The summed E-state index contributed by atoms with van der Waals surface area (Å²) in [6.07, 6.45) is -10.4. The molecule has 4 rings (SSSR count). The fourth-order valence-corrected chi connectivity index (χ4v) is 4.82. The van der Waals surface area contributed by atoms with E-state index in [2.05, 4.69) is 4.74 Å². The molecule has 2 aromatic carbocycles. The van der Waals surface area contributed by atoms with Crippen LogP contribution in [0.3, 0.4) is 0 Å². The molecule has 2 aliphatic rings. The van der Waals surface area contributed by atoms with Gasteiger partial charge in [-0.2, -0.15) is 26.3 Å². The first-order valence-electron chi connectivity index (χ1n) is 12.7. The van der Waals surface area contributed by atoms with Crippen LogP contribution >= 0.6 is 0 Å². The van der Waals surface area contributed by atoms with E-state index in [9.17, 15) is 41.0 Å². The molecule has 1 unspecified atom stereocenters. The number of halogens is 6. The SMILES string of the molecule is CC(Oc1ccc(COc2ccc3c(c2)CCN3C(=O)CN2CCC[C@@H](C(=O)O)C2)cc1C(F)(F)F)C(F)(F)F. The van der Waals surface area contributed by atoms with E-state index in [4.69, 9.17) is 4.74 Å². The van der Waals surface area contributed by atoms with Crippen LogP contribution in [0, 0.1) is 5.92 Å². The topological polar surface area (TPSA) is 79.3 Å². The first-order chi connectivity index (χ1) is 18.7. The van der Waals surface area contributed by atoms with E-state index >= 15 is 0 Å². The lowest BCUT2D eigenvalue weighted by atomic mass is 9.98. The summed E-state index contributed by atoms with van der Waals surface area (Å²) < 4.78 is 89.2. The monoisotopic (exact) mass is 574 g/mol. The average molecular weight is 575 g/mol. The number of carboxylic acids is 1. The van der Waals surface area contributed by atoms with Gasteiger partial charge in [-0.15, -0.1) is 0 Å². The van der Waals surface area contributed by atoms with Crippen molar-refractivity contribution < 1.29 is 50.5 Å². The quantitative estimate of drug-likeness (QED) is 0.432. The number of carbonyl (C=O) groups is 2. The maximum atomic E-state index is 13.5. The number of alkyl halides is 6. The number of likely N-dealkylation sites (tertiary alicyclic amines) is 1. The van der Waals surface area contributed by atoms with Gasteiger partial charge >= 0.3 is 18.3 Å². The highest BCUT2D eigenvalue weighted by molar-refractivity contribution is 5.97. The van der Waals surface area contributed by atoms with E-state index < -0.39 is 41.7 Å². The van der Waals surface area contributed by atoms with Crippen molar-refractivity contribution >= 4 is 17.6 Å². The Morgan fingerprint density at radius 3 is 2.50 bits per heavy atom. The van der Waals surface area contributed by atoms with Crippen molar-refractivity contribution in [2.75, 3.05) is 31.1 Å². The number of piperidine rings is 1. The van der Waals surface area contributed by atoms with Crippen LogP contribution in [0.25, 0.3) is 0 Å². The molecule has 0 bridgehead atoms. The van der Waals surface area contributed by atoms with E-state index in [1.807, 2.05) is 4.90 Å². The van der Waals surface area contributed by atoms with E-state index in [0.717, 1.165) is 11.6 Å². The number of rotatable bonds is 8. The van der Waals surface area contributed by atoms with Gasteiger partial charge in [0, 0.05) is 18.8 Å². The average Bonchev–Trinajstić information content (AvgIpc) is 3.30. The van der Waals surface area contributed by atoms with E-state index in [1.165, 1.54) is 6.07 Å². The molecular formula is C27H28F6N2O5. The molecule has 0 aromatic heterocycles. The number of benzene rings is 2. The first kappa shape index (κ1) is 29.5. The first-order valence-corrected chi connectivity index (χ1v) is 12.7. The zero-order valence-corrected chi connectivity index (χ0v) is 21.5. The van der Waals surface area contributed by atoms with Crippen molar-refractivity contribution in [3.05, 3.63) is 53.1 Å². The number of fused-ring (bicyclic) bond motifs is 1. The number of carboxylic acid groups (broad SMARTS) is 1. The van der Waals surface area contributed by atoms with Crippen molar-refractivity contribution in [3.63, 3.8) is 0 Å². The van der Waals surface area contributed by atoms with Gasteiger partial charge in [0.1, 0.15) is 18.1 Å². The minimum absolute atomic E-state index is 0.0813. The molecule has 218 valence electrons. The summed E-state index contributed by atoms with van der Waals surface area (Å²) >= 11 is 0. The van der Waals surface area contributed by atoms with E-state index in [0.29, 0.717) is 63.3 Å². The second kappa shape index (κ2) is 11.6. The molecule has 0 spiro atoms. The zero-order chi connectivity index (χ0) is 29.2. The van der Waals surface area contributed by atoms with Crippen LogP contribution in [0.15, 0.2) is 36.4 Å². The van der Waals surface area contributed by atoms with Crippen molar-refractivity contribution in [2.24, 2.45) is 5.92 Å².